The molecule has 72 valence electrons. The van der Waals surface area contributed by atoms with Crippen LogP contribution in [0.3, 0.4) is 0 Å². The highest BCUT2D eigenvalue weighted by Crippen LogP contribution is 2.18. The van der Waals surface area contributed by atoms with Crippen molar-refractivity contribution < 1.29 is 0 Å². The molecule has 0 spiro atoms. The molecule has 0 aromatic heterocycles. The molecule has 0 heterocycles. The summed E-state index contributed by atoms with van der Waals surface area (Å²) in [6, 6.07) is 0. The number of hydrogen-bond acceptors (Lipinski definition) is 2. The molecule has 2 nitrogen and oxygen atoms in total. The van der Waals surface area contributed by atoms with E-state index in [9.17, 15) is 0 Å². The maximum absolute atomic E-state index is 3.54. The van der Waals surface area contributed by atoms with Crippen molar-refractivity contribution >= 4 is 31.9 Å². The zero-order chi connectivity index (χ0) is 9.72. The number of likely N-dealkylation sites (N-methyl/N-ethyl adjacent to an activating group) is 2. The largest absolute Gasteiger partial charge is 0.305 e. The molecule has 0 radical (unpaired) electrons. The van der Waals surface area contributed by atoms with Crippen molar-refractivity contribution in [1.82, 2.24) is 9.80 Å². The lowest BCUT2D eigenvalue weighted by molar-refractivity contribution is 0.440. The normalized spacial score (nSPS) is 14.0. The van der Waals surface area contributed by atoms with Crippen LogP contribution in [0.2, 0.25) is 0 Å². The highest BCUT2D eigenvalue weighted by atomic mass is 79.9. The van der Waals surface area contributed by atoms with Crippen LogP contribution in [0.4, 0.5) is 0 Å². The van der Waals surface area contributed by atoms with Gasteiger partial charge in [-0.3, -0.25) is 0 Å². The molecule has 0 aliphatic rings. The Hall–Kier alpha value is 0.620. The van der Waals surface area contributed by atoms with Gasteiger partial charge in [-0.05, 0) is 28.2 Å². The quantitative estimate of drug-likeness (QED) is 0.784. The summed E-state index contributed by atoms with van der Waals surface area (Å²) in [5.41, 5.74) is 0. The van der Waals surface area contributed by atoms with E-state index in [-0.39, 0.29) is 0 Å². The van der Waals surface area contributed by atoms with E-state index in [4.69, 9.17) is 0 Å². The Morgan fingerprint density at radius 3 is 1.25 bits per heavy atom. The van der Waals surface area contributed by atoms with Gasteiger partial charge in [0.05, 0.1) is 0 Å². The second-order valence-electron chi connectivity index (χ2n) is 3.29. The molecule has 0 amide bonds. The van der Waals surface area contributed by atoms with Crippen molar-refractivity contribution in [1.29, 1.82) is 0 Å². The van der Waals surface area contributed by atoms with Gasteiger partial charge in [0.1, 0.15) is 0 Å². The van der Waals surface area contributed by atoms with Crippen LogP contribution >= 0.6 is 31.9 Å². The van der Waals surface area contributed by atoms with E-state index in [1.54, 1.807) is 0 Å². The molecule has 0 aliphatic carbocycles. The van der Waals surface area contributed by atoms with Crippen LogP contribution in [0.1, 0.15) is 0 Å². The molecule has 0 saturated heterocycles. The lowest BCUT2D eigenvalue weighted by Crippen LogP contribution is -2.17. The zero-order valence-electron chi connectivity index (χ0n) is 8.06. The molecule has 0 aromatic carbocycles. The highest BCUT2D eigenvalue weighted by Gasteiger charge is 2.02. The molecule has 0 atom stereocenters. The number of nitrogens with zero attached hydrogens (tertiary/aromatic N) is 2. The topological polar surface area (TPSA) is 6.48 Å². The van der Waals surface area contributed by atoms with Gasteiger partial charge in [0.25, 0.3) is 0 Å². The number of halogens is 2. The molecule has 0 aromatic rings. The average molecular weight is 300 g/mol. The fourth-order valence-electron chi connectivity index (χ4n) is 0.727. The standard InChI is InChI=1S/C8H16Br2N2/c1-11(2)5-7(9)8(10)6-12(3)4/h5-6H2,1-4H3. The Balaban J connectivity index is 4.06. The summed E-state index contributed by atoms with van der Waals surface area (Å²) in [5, 5.41) is 0. The summed E-state index contributed by atoms with van der Waals surface area (Å²) in [6.45, 7) is 1.88. The van der Waals surface area contributed by atoms with Crippen molar-refractivity contribution in [3.05, 3.63) is 8.96 Å². The fraction of sp³-hybridized carbons (Fsp3) is 0.750. The lowest BCUT2D eigenvalue weighted by Gasteiger charge is -2.13. The fourth-order valence-corrected chi connectivity index (χ4v) is 1.98. The summed E-state index contributed by atoms with van der Waals surface area (Å²) in [5.74, 6) is 0. The Morgan fingerprint density at radius 1 is 0.833 bits per heavy atom. The molecular weight excluding hydrogens is 284 g/mol. The van der Waals surface area contributed by atoms with E-state index in [1.165, 1.54) is 8.96 Å². The second kappa shape index (κ2) is 6.13. The van der Waals surface area contributed by atoms with Crippen LogP contribution in [0.25, 0.3) is 0 Å². The van der Waals surface area contributed by atoms with Crippen LogP contribution in [0, 0.1) is 0 Å². The monoisotopic (exact) mass is 298 g/mol. The Morgan fingerprint density at radius 2 is 1.08 bits per heavy atom. The molecule has 0 rings (SSSR count). The van der Waals surface area contributed by atoms with E-state index in [0.717, 1.165) is 13.1 Å². The van der Waals surface area contributed by atoms with Crippen molar-refractivity contribution in [3.63, 3.8) is 0 Å². The van der Waals surface area contributed by atoms with Crippen LogP contribution < -0.4 is 0 Å². The minimum Gasteiger partial charge on any atom is -0.305 e. The Labute approximate surface area is 91.9 Å². The molecular formula is C8H16Br2N2. The van der Waals surface area contributed by atoms with Gasteiger partial charge in [-0.25, -0.2) is 0 Å². The smallest absolute Gasteiger partial charge is 0.0302 e. The summed E-state index contributed by atoms with van der Waals surface area (Å²) in [6.07, 6.45) is 0. The first-order valence-corrected chi connectivity index (χ1v) is 5.34. The first kappa shape index (κ1) is 12.6. The van der Waals surface area contributed by atoms with Gasteiger partial charge in [-0.2, -0.15) is 0 Å². The van der Waals surface area contributed by atoms with Crippen molar-refractivity contribution in [3.8, 4) is 0 Å². The van der Waals surface area contributed by atoms with Gasteiger partial charge in [0, 0.05) is 22.1 Å². The SMILES string of the molecule is CN(C)CC(Br)=C(Br)CN(C)C. The third kappa shape index (κ3) is 6.17. The first-order chi connectivity index (χ1) is 5.43. The molecule has 0 bridgehead atoms. The summed E-state index contributed by atoms with van der Waals surface area (Å²) < 4.78 is 2.42. The van der Waals surface area contributed by atoms with Gasteiger partial charge in [-0.1, -0.05) is 31.9 Å². The lowest BCUT2D eigenvalue weighted by atomic mass is 10.4. The third-order valence-corrected chi connectivity index (χ3v) is 3.20. The summed E-state index contributed by atoms with van der Waals surface area (Å²) in [4.78, 5) is 4.25. The van der Waals surface area contributed by atoms with Crippen molar-refractivity contribution in [2.75, 3.05) is 41.3 Å². The predicted molar refractivity (Wildman–Crippen MR) is 62.0 cm³/mol. The van der Waals surface area contributed by atoms with Gasteiger partial charge < -0.3 is 9.80 Å². The van der Waals surface area contributed by atoms with Gasteiger partial charge >= 0.3 is 0 Å². The third-order valence-electron chi connectivity index (χ3n) is 1.20. The maximum atomic E-state index is 3.54. The minimum absolute atomic E-state index is 0.939. The molecule has 4 heteroatoms. The van der Waals surface area contributed by atoms with Crippen molar-refractivity contribution in [2.24, 2.45) is 0 Å². The summed E-state index contributed by atoms with van der Waals surface area (Å²) in [7, 11) is 8.21. The van der Waals surface area contributed by atoms with E-state index >= 15 is 0 Å². The molecule has 0 fully saturated rings. The number of hydrogen-bond donors (Lipinski definition) is 0. The summed E-state index contributed by atoms with van der Waals surface area (Å²) >= 11 is 7.07. The molecule has 12 heavy (non-hydrogen) atoms. The number of rotatable bonds is 4. The van der Waals surface area contributed by atoms with Crippen LogP contribution in [0.5, 0.6) is 0 Å². The average Bonchev–Trinajstić information content (AvgIpc) is 1.84. The first-order valence-electron chi connectivity index (χ1n) is 3.76. The van der Waals surface area contributed by atoms with E-state index in [1.807, 2.05) is 0 Å². The second-order valence-corrected chi connectivity index (χ2v) is 5.20. The Kier molecular flexibility index (Phi) is 6.45. The predicted octanol–water partition coefficient (Wildman–Crippen LogP) is 2.11. The highest BCUT2D eigenvalue weighted by molar-refractivity contribution is 9.14. The van der Waals surface area contributed by atoms with E-state index < -0.39 is 0 Å². The molecule has 0 unspecified atom stereocenters. The molecule has 0 N–H and O–H groups in total. The minimum atomic E-state index is 0.939. The van der Waals surface area contributed by atoms with Gasteiger partial charge in [0.15, 0.2) is 0 Å². The van der Waals surface area contributed by atoms with Crippen LogP contribution in [0.15, 0.2) is 8.96 Å². The molecule has 0 aliphatic heterocycles. The maximum Gasteiger partial charge on any atom is 0.0302 e. The van der Waals surface area contributed by atoms with E-state index in [0.29, 0.717) is 0 Å². The van der Waals surface area contributed by atoms with E-state index in [2.05, 4.69) is 69.9 Å². The zero-order valence-corrected chi connectivity index (χ0v) is 11.2. The molecule has 0 saturated carbocycles. The van der Waals surface area contributed by atoms with Crippen LogP contribution in [-0.4, -0.2) is 51.1 Å². The van der Waals surface area contributed by atoms with Crippen LogP contribution in [-0.2, 0) is 0 Å². The van der Waals surface area contributed by atoms with Gasteiger partial charge in [0.2, 0.25) is 0 Å². The van der Waals surface area contributed by atoms with Gasteiger partial charge in [-0.15, -0.1) is 0 Å². The Bertz CT molecular complexity index is 146. The van der Waals surface area contributed by atoms with Crippen molar-refractivity contribution in [2.45, 2.75) is 0 Å².